The molecule has 0 radical (unpaired) electrons. The normalized spacial score (nSPS) is 13.1. The second-order valence-corrected chi connectivity index (χ2v) is 5.53. The molecule has 1 aromatic rings. The molecule has 17 heavy (non-hydrogen) atoms. The van der Waals surface area contributed by atoms with Gasteiger partial charge in [0.05, 0.1) is 0 Å². The van der Waals surface area contributed by atoms with Crippen molar-refractivity contribution in [3.05, 3.63) is 33.3 Å². The van der Waals surface area contributed by atoms with Crippen LogP contribution in [0.25, 0.3) is 0 Å². The molecule has 0 spiro atoms. The summed E-state index contributed by atoms with van der Waals surface area (Å²) < 4.78 is 0.982. The van der Waals surface area contributed by atoms with Gasteiger partial charge in [0, 0.05) is 35.2 Å². The number of benzene rings is 1. The van der Waals surface area contributed by atoms with E-state index in [1.54, 1.807) is 0 Å². The van der Waals surface area contributed by atoms with E-state index in [-0.39, 0.29) is 6.04 Å². The van der Waals surface area contributed by atoms with E-state index in [9.17, 15) is 0 Å². The van der Waals surface area contributed by atoms with Gasteiger partial charge in [0.15, 0.2) is 0 Å². The number of likely N-dealkylation sites (N-methyl/N-ethyl adjacent to an activating group) is 1. The van der Waals surface area contributed by atoms with Crippen LogP contribution in [0.1, 0.15) is 11.6 Å². The highest BCUT2D eigenvalue weighted by Crippen LogP contribution is 2.25. The molecular formula is C12H19BrClN3. The van der Waals surface area contributed by atoms with Crippen molar-refractivity contribution in [2.24, 2.45) is 5.73 Å². The summed E-state index contributed by atoms with van der Waals surface area (Å²) in [6.45, 7) is 2.40. The molecule has 0 heterocycles. The Morgan fingerprint density at radius 3 is 2.71 bits per heavy atom. The van der Waals surface area contributed by atoms with Crippen LogP contribution in [-0.4, -0.2) is 38.6 Å². The molecule has 0 fully saturated rings. The van der Waals surface area contributed by atoms with E-state index in [0.717, 1.165) is 28.1 Å². The van der Waals surface area contributed by atoms with Crippen LogP contribution in [0.5, 0.6) is 0 Å². The second kappa shape index (κ2) is 7.34. The van der Waals surface area contributed by atoms with Crippen molar-refractivity contribution < 1.29 is 0 Å². The standard InChI is InChI=1S/C12H19BrClN3/c1-17(2)6-5-16-12(8-15)10-4-3-9(13)7-11(10)14/h3-4,7,12,16H,5-6,8,15H2,1-2H3. The lowest BCUT2D eigenvalue weighted by Crippen LogP contribution is -2.33. The van der Waals surface area contributed by atoms with Crippen LogP contribution in [-0.2, 0) is 0 Å². The van der Waals surface area contributed by atoms with Crippen molar-refractivity contribution in [1.29, 1.82) is 0 Å². The molecule has 0 saturated heterocycles. The lowest BCUT2D eigenvalue weighted by Gasteiger charge is -2.20. The van der Waals surface area contributed by atoms with E-state index < -0.39 is 0 Å². The van der Waals surface area contributed by atoms with Gasteiger partial charge in [-0.1, -0.05) is 33.6 Å². The molecule has 0 aliphatic rings. The van der Waals surface area contributed by atoms with Crippen LogP contribution < -0.4 is 11.1 Å². The third-order valence-electron chi connectivity index (χ3n) is 2.52. The van der Waals surface area contributed by atoms with Gasteiger partial charge in [0.1, 0.15) is 0 Å². The van der Waals surface area contributed by atoms with Gasteiger partial charge >= 0.3 is 0 Å². The summed E-state index contributed by atoms with van der Waals surface area (Å²) in [6, 6.07) is 5.99. The Morgan fingerprint density at radius 2 is 2.18 bits per heavy atom. The van der Waals surface area contributed by atoms with E-state index in [1.807, 2.05) is 32.3 Å². The predicted molar refractivity (Wildman–Crippen MR) is 77.5 cm³/mol. The monoisotopic (exact) mass is 319 g/mol. The number of hydrogen-bond donors (Lipinski definition) is 2. The molecule has 0 aliphatic carbocycles. The highest BCUT2D eigenvalue weighted by Gasteiger charge is 2.12. The van der Waals surface area contributed by atoms with E-state index in [1.165, 1.54) is 0 Å². The molecule has 1 aromatic carbocycles. The van der Waals surface area contributed by atoms with Gasteiger partial charge < -0.3 is 16.0 Å². The summed E-state index contributed by atoms with van der Waals surface area (Å²) in [5, 5.41) is 4.15. The summed E-state index contributed by atoms with van der Waals surface area (Å²) in [5.74, 6) is 0. The molecule has 0 saturated carbocycles. The fraction of sp³-hybridized carbons (Fsp3) is 0.500. The van der Waals surface area contributed by atoms with Gasteiger partial charge in [-0.15, -0.1) is 0 Å². The van der Waals surface area contributed by atoms with Gasteiger partial charge in [0.25, 0.3) is 0 Å². The first kappa shape index (κ1) is 14.9. The minimum atomic E-state index is 0.107. The molecule has 3 N–H and O–H groups in total. The van der Waals surface area contributed by atoms with Crippen LogP contribution in [0, 0.1) is 0 Å². The highest BCUT2D eigenvalue weighted by atomic mass is 79.9. The fourth-order valence-electron chi connectivity index (χ4n) is 1.57. The van der Waals surface area contributed by atoms with E-state index >= 15 is 0 Å². The topological polar surface area (TPSA) is 41.3 Å². The fourth-order valence-corrected chi connectivity index (χ4v) is 2.37. The van der Waals surface area contributed by atoms with Crippen LogP contribution in [0.3, 0.4) is 0 Å². The first-order valence-corrected chi connectivity index (χ1v) is 6.75. The highest BCUT2D eigenvalue weighted by molar-refractivity contribution is 9.10. The maximum Gasteiger partial charge on any atom is 0.0465 e. The molecule has 0 bridgehead atoms. The van der Waals surface area contributed by atoms with Gasteiger partial charge in [-0.2, -0.15) is 0 Å². The Balaban J connectivity index is 2.66. The largest absolute Gasteiger partial charge is 0.329 e. The Morgan fingerprint density at radius 1 is 1.47 bits per heavy atom. The Labute approximate surface area is 116 Å². The average molecular weight is 321 g/mol. The smallest absolute Gasteiger partial charge is 0.0465 e. The van der Waals surface area contributed by atoms with E-state index in [2.05, 4.69) is 26.1 Å². The molecule has 3 nitrogen and oxygen atoms in total. The average Bonchev–Trinajstić information content (AvgIpc) is 2.25. The van der Waals surface area contributed by atoms with Gasteiger partial charge in [-0.25, -0.2) is 0 Å². The molecule has 1 atom stereocenters. The number of nitrogens with zero attached hydrogens (tertiary/aromatic N) is 1. The van der Waals surface area contributed by atoms with Crippen molar-refractivity contribution in [3.63, 3.8) is 0 Å². The third kappa shape index (κ3) is 4.94. The van der Waals surface area contributed by atoms with Crippen molar-refractivity contribution in [1.82, 2.24) is 10.2 Å². The number of nitrogens with two attached hydrogens (primary N) is 1. The molecule has 96 valence electrons. The van der Waals surface area contributed by atoms with Gasteiger partial charge in [-0.3, -0.25) is 0 Å². The SMILES string of the molecule is CN(C)CCNC(CN)c1ccc(Br)cc1Cl. The van der Waals surface area contributed by atoms with Gasteiger partial charge in [0.2, 0.25) is 0 Å². The lowest BCUT2D eigenvalue weighted by atomic mass is 10.1. The lowest BCUT2D eigenvalue weighted by molar-refractivity contribution is 0.385. The predicted octanol–water partition coefficient (Wildman–Crippen LogP) is 2.25. The maximum absolute atomic E-state index is 6.21. The van der Waals surface area contributed by atoms with Crippen LogP contribution >= 0.6 is 27.5 Å². The zero-order valence-corrected chi connectivity index (χ0v) is 12.6. The summed E-state index contributed by atoms with van der Waals surface area (Å²) in [6.07, 6.45) is 0. The summed E-state index contributed by atoms with van der Waals surface area (Å²) >= 11 is 9.60. The Hall–Kier alpha value is -0.130. The zero-order valence-electron chi connectivity index (χ0n) is 10.2. The van der Waals surface area contributed by atoms with E-state index in [4.69, 9.17) is 17.3 Å². The van der Waals surface area contributed by atoms with Crippen LogP contribution in [0.15, 0.2) is 22.7 Å². The third-order valence-corrected chi connectivity index (χ3v) is 3.34. The number of nitrogens with one attached hydrogen (secondary N) is 1. The molecular weight excluding hydrogens is 302 g/mol. The summed E-state index contributed by atoms with van der Waals surface area (Å²) in [5.41, 5.74) is 6.83. The van der Waals surface area contributed by atoms with Crippen molar-refractivity contribution in [2.45, 2.75) is 6.04 Å². The minimum Gasteiger partial charge on any atom is -0.329 e. The maximum atomic E-state index is 6.21. The van der Waals surface area contributed by atoms with Crippen molar-refractivity contribution >= 4 is 27.5 Å². The number of rotatable bonds is 6. The van der Waals surface area contributed by atoms with Crippen LogP contribution in [0.2, 0.25) is 5.02 Å². The molecule has 0 aliphatic heterocycles. The van der Waals surface area contributed by atoms with Crippen molar-refractivity contribution in [3.8, 4) is 0 Å². The summed E-state index contributed by atoms with van der Waals surface area (Å²) in [4.78, 5) is 2.13. The molecule has 0 aromatic heterocycles. The zero-order chi connectivity index (χ0) is 12.8. The second-order valence-electron chi connectivity index (χ2n) is 4.21. The van der Waals surface area contributed by atoms with Crippen molar-refractivity contribution in [2.75, 3.05) is 33.7 Å². The van der Waals surface area contributed by atoms with E-state index in [0.29, 0.717) is 6.54 Å². The molecule has 1 unspecified atom stereocenters. The van der Waals surface area contributed by atoms with Gasteiger partial charge in [-0.05, 0) is 31.8 Å². The first-order valence-electron chi connectivity index (χ1n) is 5.57. The summed E-state index contributed by atoms with van der Waals surface area (Å²) in [7, 11) is 4.09. The molecule has 0 amide bonds. The molecule has 1 rings (SSSR count). The molecule has 5 heteroatoms. The number of halogens is 2. The Bertz CT molecular complexity index is 358. The Kier molecular flexibility index (Phi) is 6.44. The quantitative estimate of drug-likeness (QED) is 0.845. The van der Waals surface area contributed by atoms with Crippen LogP contribution in [0.4, 0.5) is 0 Å². The first-order chi connectivity index (χ1) is 8.04. The minimum absolute atomic E-state index is 0.107. The number of hydrogen-bond acceptors (Lipinski definition) is 3.